The molecule has 2 heterocycles. The van der Waals surface area contributed by atoms with E-state index in [0.29, 0.717) is 5.56 Å². The fourth-order valence-electron chi connectivity index (χ4n) is 4.95. The maximum Gasteiger partial charge on any atom is 0.352 e. The Balaban J connectivity index is 0.000000658. The van der Waals surface area contributed by atoms with Crippen LogP contribution in [0.25, 0.3) is 0 Å². The molecule has 14 heteroatoms. The van der Waals surface area contributed by atoms with Crippen LogP contribution in [-0.2, 0) is 19.2 Å². The van der Waals surface area contributed by atoms with E-state index in [9.17, 15) is 39.3 Å². The van der Waals surface area contributed by atoms with Crippen molar-refractivity contribution in [2.24, 2.45) is 0 Å². The Labute approximate surface area is 282 Å². The zero-order valence-corrected chi connectivity index (χ0v) is 29.3. The molecule has 2 aliphatic rings. The fraction of sp³-hybridized carbons (Fsp3) is 0.606. The van der Waals surface area contributed by atoms with Gasteiger partial charge >= 0.3 is 11.9 Å². The van der Waals surface area contributed by atoms with Gasteiger partial charge < -0.3 is 35.8 Å². The van der Waals surface area contributed by atoms with E-state index in [1.807, 2.05) is 0 Å². The second kappa shape index (κ2) is 22.2. The van der Waals surface area contributed by atoms with Gasteiger partial charge in [-0.05, 0) is 69.8 Å². The molecular formula is C33H53N5O8S. The average Bonchev–Trinajstić information content (AvgIpc) is 3.08. The van der Waals surface area contributed by atoms with E-state index in [1.54, 1.807) is 30.3 Å². The lowest BCUT2D eigenvalue weighted by Crippen LogP contribution is -2.70. The topological polar surface area (TPSA) is 180 Å². The van der Waals surface area contributed by atoms with Crippen LogP contribution in [0.3, 0.4) is 0 Å². The average molecular weight is 680 g/mol. The number of nitrogens with one attached hydrogen (secondary N) is 2. The minimum atomic E-state index is -1.32. The van der Waals surface area contributed by atoms with Crippen LogP contribution in [0, 0.1) is 0 Å². The molecule has 1 saturated heterocycles. The largest absolute Gasteiger partial charge is 0.480 e. The Morgan fingerprint density at radius 3 is 1.87 bits per heavy atom. The number of nitrogens with zero attached hydrogens (tertiary/aromatic N) is 3. The van der Waals surface area contributed by atoms with Gasteiger partial charge in [-0.25, -0.2) is 9.59 Å². The van der Waals surface area contributed by atoms with Crippen molar-refractivity contribution in [3.63, 3.8) is 0 Å². The number of thioether (sulfide) groups is 1. The van der Waals surface area contributed by atoms with E-state index in [4.69, 9.17) is 0 Å². The molecule has 5 N–H and O–H groups in total. The van der Waals surface area contributed by atoms with Gasteiger partial charge in [-0.3, -0.25) is 19.3 Å². The Bertz CT molecular complexity index is 1170. The molecular weight excluding hydrogens is 626 g/mol. The van der Waals surface area contributed by atoms with E-state index >= 15 is 0 Å². The fourth-order valence-corrected chi connectivity index (χ4v) is 6.28. The molecule has 0 spiro atoms. The Kier molecular flexibility index (Phi) is 19.6. The summed E-state index contributed by atoms with van der Waals surface area (Å²) in [5.41, 5.74) is 0.299. The van der Waals surface area contributed by atoms with Crippen LogP contribution in [-0.4, -0.2) is 129 Å². The van der Waals surface area contributed by atoms with Crippen LogP contribution >= 0.6 is 11.8 Å². The molecule has 0 aliphatic carbocycles. The van der Waals surface area contributed by atoms with Crippen molar-refractivity contribution in [1.29, 1.82) is 0 Å². The van der Waals surface area contributed by atoms with Crippen molar-refractivity contribution in [2.45, 2.75) is 78.3 Å². The number of carboxylic acids is 2. The van der Waals surface area contributed by atoms with Crippen molar-refractivity contribution >= 4 is 41.4 Å². The van der Waals surface area contributed by atoms with Crippen molar-refractivity contribution < 1.29 is 39.3 Å². The summed E-state index contributed by atoms with van der Waals surface area (Å²) in [6, 6.07) is 6.07. The van der Waals surface area contributed by atoms with Crippen molar-refractivity contribution in [1.82, 2.24) is 25.3 Å². The maximum absolute atomic E-state index is 12.4. The highest BCUT2D eigenvalue weighted by atomic mass is 32.2. The second-order valence-electron chi connectivity index (χ2n) is 10.7. The molecule has 1 aromatic carbocycles. The zero-order chi connectivity index (χ0) is 35.5. The first kappa shape index (κ1) is 41.6. The highest BCUT2D eigenvalue weighted by Gasteiger charge is 2.54. The van der Waals surface area contributed by atoms with Gasteiger partial charge in [0.1, 0.15) is 23.2 Å². The number of rotatable bonds is 16. The third kappa shape index (κ3) is 12.9. The highest BCUT2D eigenvalue weighted by Crippen LogP contribution is 2.40. The van der Waals surface area contributed by atoms with Gasteiger partial charge in [-0.15, -0.1) is 11.8 Å². The van der Waals surface area contributed by atoms with Crippen LogP contribution in [0.5, 0.6) is 0 Å². The standard InChI is InChI=1S/C21H23N3O8S.2C6H15N/c25-9-12-10-33-19-15(18(28)24(19)16(12)21(31)32)23-14(26)8-4-7-13(20(29)30)22-17(27)11-5-2-1-3-6-11;2*1-4-7(5-2)6-3/h1-3,5-6,13,15,19,25H,4,7-10H2,(H,22,27)(H,23,26)(H,29,30)(H,31,32);2*4-6H2,1-3H3/t13-,15?,19-;;/m1../s1. The minimum absolute atomic E-state index is 0.00992. The maximum atomic E-state index is 12.4. The number of benzene rings is 1. The SMILES string of the molecule is CCN(CC)CC.CCN(CC)CC.O=C(CCC[C@@H](NC(=O)c1ccccc1)C(=O)O)NC1C(=O)N2C(C(=O)O)=C(CO)CS[C@H]12. The molecule has 264 valence electrons. The third-order valence-electron chi connectivity index (χ3n) is 7.98. The predicted octanol–water partition coefficient (Wildman–Crippen LogP) is 2.47. The van der Waals surface area contributed by atoms with Gasteiger partial charge in [0.05, 0.1) is 6.61 Å². The first-order valence-corrected chi connectivity index (χ1v) is 17.3. The summed E-state index contributed by atoms with van der Waals surface area (Å²) in [5, 5.41) is 32.5. The summed E-state index contributed by atoms with van der Waals surface area (Å²) in [4.78, 5) is 65.7. The number of carbonyl (C=O) groups excluding carboxylic acids is 3. The molecule has 1 fully saturated rings. The number of fused-ring (bicyclic) bond motifs is 1. The van der Waals surface area contributed by atoms with Gasteiger partial charge in [0.2, 0.25) is 5.91 Å². The monoisotopic (exact) mass is 679 g/mol. The van der Waals surface area contributed by atoms with Crippen molar-refractivity contribution in [2.75, 3.05) is 51.6 Å². The summed E-state index contributed by atoms with van der Waals surface area (Å²) in [7, 11) is 0. The van der Waals surface area contributed by atoms with E-state index in [0.717, 1.165) is 4.90 Å². The van der Waals surface area contributed by atoms with E-state index < -0.39 is 53.7 Å². The molecule has 3 amide bonds. The van der Waals surface area contributed by atoms with E-state index in [-0.39, 0.29) is 36.3 Å². The lowest BCUT2D eigenvalue weighted by atomic mass is 10.0. The molecule has 0 bridgehead atoms. The molecule has 1 unspecified atom stereocenters. The first-order chi connectivity index (χ1) is 22.4. The molecule has 13 nitrogen and oxygen atoms in total. The molecule has 0 radical (unpaired) electrons. The Morgan fingerprint density at radius 2 is 1.45 bits per heavy atom. The molecule has 0 aromatic heterocycles. The van der Waals surface area contributed by atoms with Crippen LogP contribution in [0.2, 0.25) is 0 Å². The van der Waals surface area contributed by atoms with Gasteiger partial charge in [0, 0.05) is 17.7 Å². The molecule has 47 heavy (non-hydrogen) atoms. The van der Waals surface area contributed by atoms with Gasteiger partial charge in [-0.2, -0.15) is 0 Å². The second-order valence-corrected chi connectivity index (χ2v) is 11.8. The first-order valence-electron chi connectivity index (χ1n) is 16.3. The van der Waals surface area contributed by atoms with Gasteiger partial charge in [0.15, 0.2) is 0 Å². The number of hydrogen-bond donors (Lipinski definition) is 5. The summed E-state index contributed by atoms with van der Waals surface area (Å²) in [5.74, 6) is -3.93. The lowest BCUT2D eigenvalue weighted by Gasteiger charge is -2.49. The smallest absolute Gasteiger partial charge is 0.352 e. The number of aliphatic carboxylic acids is 2. The number of aliphatic hydroxyl groups is 1. The summed E-state index contributed by atoms with van der Waals surface area (Å²) < 4.78 is 0. The van der Waals surface area contributed by atoms with E-state index in [2.05, 4.69) is 62.0 Å². The van der Waals surface area contributed by atoms with Gasteiger partial charge in [-0.1, -0.05) is 59.7 Å². The summed E-state index contributed by atoms with van der Waals surface area (Å²) >= 11 is 1.24. The number of carboxylic acid groups (broad SMARTS) is 2. The summed E-state index contributed by atoms with van der Waals surface area (Å²) in [6.07, 6.45) is 0.0842. The van der Waals surface area contributed by atoms with Crippen molar-refractivity contribution in [3.05, 3.63) is 47.2 Å². The van der Waals surface area contributed by atoms with Crippen LogP contribution < -0.4 is 10.6 Å². The van der Waals surface area contributed by atoms with Crippen molar-refractivity contribution in [3.8, 4) is 0 Å². The number of hydrogen-bond acceptors (Lipinski definition) is 9. The number of amides is 3. The molecule has 3 rings (SSSR count). The third-order valence-corrected chi connectivity index (χ3v) is 9.32. The highest BCUT2D eigenvalue weighted by molar-refractivity contribution is 8.00. The minimum Gasteiger partial charge on any atom is -0.480 e. The van der Waals surface area contributed by atoms with Gasteiger partial charge in [0.25, 0.3) is 11.8 Å². The molecule has 0 saturated carbocycles. The molecule has 2 aliphatic heterocycles. The van der Waals surface area contributed by atoms with Crippen LogP contribution in [0.4, 0.5) is 0 Å². The molecule has 3 atom stereocenters. The van der Waals surface area contributed by atoms with E-state index in [1.165, 1.54) is 51.0 Å². The molecule has 1 aromatic rings. The normalized spacial score (nSPS) is 17.4. The number of aliphatic hydroxyl groups excluding tert-OH is 1. The quantitative estimate of drug-likeness (QED) is 0.162. The lowest BCUT2D eigenvalue weighted by molar-refractivity contribution is -0.150. The zero-order valence-electron chi connectivity index (χ0n) is 28.5. The van der Waals surface area contributed by atoms with Crippen LogP contribution in [0.15, 0.2) is 41.6 Å². The Hall–Kier alpha value is -3.46. The number of carbonyl (C=O) groups is 5. The number of β-lactam (4-membered cyclic amide) rings is 1. The summed E-state index contributed by atoms with van der Waals surface area (Å²) in [6.45, 7) is 19.8. The van der Waals surface area contributed by atoms with Crippen LogP contribution in [0.1, 0.15) is 71.2 Å². The predicted molar refractivity (Wildman–Crippen MR) is 183 cm³/mol. The Morgan fingerprint density at radius 1 is 0.915 bits per heavy atom.